The van der Waals surface area contributed by atoms with Crippen molar-refractivity contribution in [3.05, 3.63) is 77.5 Å². The average Bonchev–Trinajstić information content (AvgIpc) is 3.04. The monoisotopic (exact) mass is 363 g/mol. The number of aliphatic carboxylic acids is 1. The molecule has 5 heteroatoms. The molecule has 27 heavy (non-hydrogen) atoms. The van der Waals surface area contributed by atoms with Crippen molar-refractivity contribution in [3.8, 4) is 11.3 Å². The zero-order valence-corrected chi connectivity index (χ0v) is 16.0. The van der Waals surface area contributed by atoms with Crippen LogP contribution in [0.4, 0.5) is 0 Å². The molecule has 140 valence electrons. The van der Waals surface area contributed by atoms with E-state index in [2.05, 4.69) is 43.3 Å². The van der Waals surface area contributed by atoms with Crippen LogP contribution in [0.25, 0.3) is 11.3 Å². The van der Waals surface area contributed by atoms with E-state index in [1.807, 2.05) is 41.0 Å². The Morgan fingerprint density at radius 3 is 2.44 bits per heavy atom. The van der Waals surface area contributed by atoms with Crippen molar-refractivity contribution in [2.24, 2.45) is 0 Å². The number of carbonyl (C=O) groups is 1. The lowest BCUT2D eigenvalue weighted by Gasteiger charge is -2.20. The van der Waals surface area contributed by atoms with Crippen molar-refractivity contribution < 1.29 is 9.90 Å². The maximum atomic E-state index is 11.3. The van der Waals surface area contributed by atoms with Crippen LogP contribution in [-0.4, -0.2) is 38.8 Å². The molecule has 1 N–H and O–H groups in total. The van der Waals surface area contributed by atoms with Crippen molar-refractivity contribution in [3.63, 3.8) is 0 Å². The Balaban J connectivity index is 1.93. The van der Waals surface area contributed by atoms with Gasteiger partial charge < -0.3 is 5.11 Å². The standard InChI is InChI=1S/C22H25N3O2/c1-16-9-11-19(12-10-16)21-20(14-24(3)17(2)22(26)27)15-25(23-21)13-18-7-5-4-6-8-18/h4-12,15,17H,13-14H2,1-3H3,(H,26,27). The van der Waals surface area contributed by atoms with Crippen LogP contribution in [0.3, 0.4) is 0 Å². The van der Waals surface area contributed by atoms with Gasteiger partial charge in [-0.3, -0.25) is 14.4 Å². The summed E-state index contributed by atoms with van der Waals surface area (Å²) < 4.78 is 1.93. The van der Waals surface area contributed by atoms with Gasteiger partial charge in [-0.15, -0.1) is 0 Å². The Bertz CT molecular complexity index is 901. The Morgan fingerprint density at radius 2 is 1.81 bits per heavy atom. The van der Waals surface area contributed by atoms with Crippen LogP contribution in [0, 0.1) is 6.92 Å². The maximum Gasteiger partial charge on any atom is 0.320 e. The molecule has 1 aromatic heterocycles. The smallest absolute Gasteiger partial charge is 0.320 e. The number of carboxylic acid groups (broad SMARTS) is 1. The van der Waals surface area contributed by atoms with Crippen molar-refractivity contribution in [1.29, 1.82) is 0 Å². The highest BCUT2D eigenvalue weighted by atomic mass is 16.4. The molecule has 1 heterocycles. The van der Waals surface area contributed by atoms with Crippen LogP contribution < -0.4 is 0 Å². The first-order chi connectivity index (χ1) is 12.9. The number of aryl methyl sites for hydroxylation is 1. The number of rotatable bonds is 7. The van der Waals surface area contributed by atoms with E-state index in [-0.39, 0.29) is 0 Å². The van der Waals surface area contributed by atoms with E-state index >= 15 is 0 Å². The first kappa shape index (κ1) is 18.9. The van der Waals surface area contributed by atoms with E-state index in [0.717, 1.165) is 16.8 Å². The maximum absolute atomic E-state index is 11.3. The van der Waals surface area contributed by atoms with Crippen LogP contribution in [0.1, 0.15) is 23.6 Å². The van der Waals surface area contributed by atoms with E-state index in [9.17, 15) is 9.90 Å². The Hall–Kier alpha value is -2.92. The molecule has 0 aliphatic heterocycles. The molecule has 0 fully saturated rings. The molecule has 0 aliphatic carbocycles. The van der Waals surface area contributed by atoms with Gasteiger partial charge in [-0.05, 0) is 26.5 Å². The molecule has 0 saturated carbocycles. The van der Waals surface area contributed by atoms with Crippen LogP contribution in [-0.2, 0) is 17.9 Å². The fraction of sp³-hybridized carbons (Fsp3) is 0.273. The Kier molecular flexibility index (Phi) is 5.72. The molecule has 3 rings (SSSR count). The van der Waals surface area contributed by atoms with Gasteiger partial charge in [0.1, 0.15) is 6.04 Å². The van der Waals surface area contributed by atoms with Gasteiger partial charge in [0.2, 0.25) is 0 Å². The highest BCUT2D eigenvalue weighted by Gasteiger charge is 2.20. The van der Waals surface area contributed by atoms with Crippen molar-refractivity contribution in [2.45, 2.75) is 33.0 Å². The number of benzene rings is 2. The first-order valence-corrected chi connectivity index (χ1v) is 9.04. The lowest BCUT2D eigenvalue weighted by Crippen LogP contribution is -2.35. The predicted molar refractivity (Wildman–Crippen MR) is 107 cm³/mol. The average molecular weight is 363 g/mol. The summed E-state index contributed by atoms with van der Waals surface area (Å²) in [5.41, 5.74) is 5.33. The molecule has 0 radical (unpaired) electrons. The number of carboxylic acids is 1. The minimum absolute atomic E-state index is 0.519. The molecule has 0 saturated heterocycles. The third kappa shape index (κ3) is 4.63. The van der Waals surface area contributed by atoms with Gasteiger partial charge >= 0.3 is 5.97 Å². The lowest BCUT2D eigenvalue weighted by atomic mass is 10.1. The third-order valence-corrected chi connectivity index (χ3v) is 4.79. The summed E-state index contributed by atoms with van der Waals surface area (Å²) in [6.45, 7) is 4.95. The fourth-order valence-electron chi connectivity index (χ4n) is 2.98. The fourth-order valence-corrected chi connectivity index (χ4v) is 2.98. The number of hydrogen-bond acceptors (Lipinski definition) is 3. The summed E-state index contributed by atoms with van der Waals surface area (Å²) >= 11 is 0. The lowest BCUT2D eigenvalue weighted by molar-refractivity contribution is -0.142. The zero-order valence-electron chi connectivity index (χ0n) is 16.0. The van der Waals surface area contributed by atoms with Gasteiger partial charge in [0.25, 0.3) is 0 Å². The molecular formula is C22H25N3O2. The molecule has 2 aromatic carbocycles. The van der Waals surface area contributed by atoms with E-state index in [1.54, 1.807) is 6.92 Å². The molecule has 5 nitrogen and oxygen atoms in total. The second kappa shape index (κ2) is 8.18. The molecule has 0 aliphatic rings. The summed E-state index contributed by atoms with van der Waals surface area (Å²) in [4.78, 5) is 13.1. The van der Waals surface area contributed by atoms with Crippen LogP contribution in [0.15, 0.2) is 60.8 Å². The van der Waals surface area contributed by atoms with E-state index in [0.29, 0.717) is 13.1 Å². The predicted octanol–water partition coefficient (Wildman–Crippen LogP) is 3.81. The van der Waals surface area contributed by atoms with Gasteiger partial charge in [0.15, 0.2) is 0 Å². The van der Waals surface area contributed by atoms with Crippen molar-refractivity contribution in [2.75, 3.05) is 7.05 Å². The normalized spacial score (nSPS) is 12.3. The SMILES string of the molecule is Cc1ccc(-c2nn(Cc3ccccc3)cc2CN(C)C(C)C(=O)O)cc1. The van der Waals surface area contributed by atoms with E-state index in [4.69, 9.17) is 5.10 Å². The molecule has 0 spiro atoms. The quantitative estimate of drug-likeness (QED) is 0.693. The summed E-state index contributed by atoms with van der Waals surface area (Å²) in [5, 5.41) is 14.1. The molecular weight excluding hydrogens is 338 g/mol. The number of hydrogen-bond donors (Lipinski definition) is 1. The van der Waals surface area contributed by atoms with Gasteiger partial charge in [0.05, 0.1) is 12.2 Å². The van der Waals surface area contributed by atoms with Gasteiger partial charge in [-0.25, -0.2) is 0 Å². The summed E-state index contributed by atoms with van der Waals surface area (Å²) in [6, 6.07) is 17.9. The van der Waals surface area contributed by atoms with Gasteiger partial charge in [-0.2, -0.15) is 5.10 Å². The van der Waals surface area contributed by atoms with Gasteiger partial charge in [0, 0.05) is 23.9 Å². The second-order valence-corrected chi connectivity index (χ2v) is 6.98. The second-order valence-electron chi connectivity index (χ2n) is 6.98. The van der Waals surface area contributed by atoms with Crippen molar-refractivity contribution in [1.82, 2.24) is 14.7 Å². The molecule has 1 unspecified atom stereocenters. The minimum atomic E-state index is -0.828. The highest BCUT2D eigenvalue weighted by molar-refractivity contribution is 5.73. The van der Waals surface area contributed by atoms with E-state index < -0.39 is 12.0 Å². The number of aromatic nitrogens is 2. The molecule has 3 aromatic rings. The largest absolute Gasteiger partial charge is 0.480 e. The van der Waals surface area contributed by atoms with Crippen LogP contribution in [0.5, 0.6) is 0 Å². The van der Waals surface area contributed by atoms with Crippen LogP contribution >= 0.6 is 0 Å². The molecule has 1 atom stereocenters. The summed E-state index contributed by atoms with van der Waals surface area (Å²) in [5.74, 6) is -0.828. The van der Waals surface area contributed by atoms with Crippen LogP contribution in [0.2, 0.25) is 0 Å². The first-order valence-electron chi connectivity index (χ1n) is 9.04. The van der Waals surface area contributed by atoms with Crippen molar-refractivity contribution >= 4 is 5.97 Å². The topological polar surface area (TPSA) is 58.4 Å². The Labute approximate surface area is 159 Å². The molecule has 0 amide bonds. The number of nitrogens with zero attached hydrogens (tertiary/aromatic N) is 3. The minimum Gasteiger partial charge on any atom is -0.480 e. The molecule has 0 bridgehead atoms. The van der Waals surface area contributed by atoms with E-state index in [1.165, 1.54) is 11.1 Å². The summed E-state index contributed by atoms with van der Waals surface area (Å²) in [6.07, 6.45) is 2.02. The highest BCUT2D eigenvalue weighted by Crippen LogP contribution is 2.24. The zero-order chi connectivity index (χ0) is 19.4. The third-order valence-electron chi connectivity index (χ3n) is 4.79. The number of likely N-dealkylation sites (N-methyl/N-ethyl adjacent to an activating group) is 1. The summed E-state index contributed by atoms with van der Waals surface area (Å²) in [7, 11) is 1.83. The van der Waals surface area contributed by atoms with Gasteiger partial charge in [-0.1, -0.05) is 60.2 Å². The Morgan fingerprint density at radius 1 is 1.15 bits per heavy atom.